The predicted molar refractivity (Wildman–Crippen MR) is 71.7 cm³/mol. The first-order valence-corrected chi connectivity index (χ1v) is 7.65. The van der Waals surface area contributed by atoms with Gasteiger partial charge in [-0.05, 0) is 38.6 Å². The van der Waals surface area contributed by atoms with Gasteiger partial charge < -0.3 is 10.1 Å². The maximum absolute atomic E-state index is 12.6. The van der Waals surface area contributed by atoms with Crippen LogP contribution in [0.2, 0.25) is 0 Å². The summed E-state index contributed by atoms with van der Waals surface area (Å²) in [5.41, 5.74) is 0. The monoisotopic (exact) mass is 294 g/mol. The fourth-order valence-corrected chi connectivity index (χ4v) is 2.78. The molecule has 1 saturated heterocycles. The SMILES string of the molecule is CCCNCC1CCC(CN(CC(F)(F)F)C2CC2)O1. The van der Waals surface area contributed by atoms with E-state index >= 15 is 0 Å². The van der Waals surface area contributed by atoms with Gasteiger partial charge in [0.05, 0.1) is 18.8 Å². The predicted octanol–water partition coefficient (Wildman–Crippen LogP) is 2.56. The Labute approximate surface area is 118 Å². The molecule has 2 aliphatic rings. The second-order valence-corrected chi connectivity index (χ2v) is 5.94. The lowest BCUT2D eigenvalue weighted by atomic mass is 10.2. The summed E-state index contributed by atoms with van der Waals surface area (Å²) in [4.78, 5) is 1.56. The molecule has 6 heteroatoms. The summed E-state index contributed by atoms with van der Waals surface area (Å²) in [6.07, 6.45) is 0.713. The second kappa shape index (κ2) is 7.09. The Balaban J connectivity index is 1.72. The van der Waals surface area contributed by atoms with Gasteiger partial charge in [0, 0.05) is 19.1 Å². The van der Waals surface area contributed by atoms with E-state index in [2.05, 4.69) is 12.2 Å². The first kappa shape index (κ1) is 16.0. The van der Waals surface area contributed by atoms with Gasteiger partial charge in [-0.3, -0.25) is 4.90 Å². The molecule has 0 aromatic heterocycles. The molecule has 1 N–H and O–H groups in total. The maximum Gasteiger partial charge on any atom is 0.401 e. The van der Waals surface area contributed by atoms with E-state index in [1.54, 1.807) is 4.90 Å². The summed E-state index contributed by atoms with van der Waals surface area (Å²) in [7, 11) is 0. The number of alkyl halides is 3. The van der Waals surface area contributed by atoms with Gasteiger partial charge in [0.1, 0.15) is 0 Å². The molecule has 2 unspecified atom stereocenters. The van der Waals surface area contributed by atoms with E-state index in [1.165, 1.54) is 0 Å². The van der Waals surface area contributed by atoms with Crippen LogP contribution >= 0.6 is 0 Å². The van der Waals surface area contributed by atoms with Crippen molar-refractivity contribution in [1.82, 2.24) is 10.2 Å². The van der Waals surface area contributed by atoms with E-state index in [4.69, 9.17) is 4.74 Å². The van der Waals surface area contributed by atoms with Crippen molar-refractivity contribution in [3.8, 4) is 0 Å². The number of nitrogens with zero attached hydrogens (tertiary/aromatic N) is 1. The molecule has 2 atom stereocenters. The van der Waals surface area contributed by atoms with Crippen molar-refractivity contribution in [1.29, 1.82) is 0 Å². The molecule has 1 saturated carbocycles. The molecule has 1 aliphatic heterocycles. The third-order valence-corrected chi connectivity index (χ3v) is 3.88. The third-order valence-electron chi connectivity index (χ3n) is 3.88. The molecular formula is C14H25F3N2O. The molecule has 2 fully saturated rings. The smallest absolute Gasteiger partial charge is 0.372 e. The minimum Gasteiger partial charge on any atom is -0.372 e. The second-order valence-electron chi connectivity index (χ2n) is 5.94. The number of rotatable bonds is 8. The molecule has 1 aliphatic carbocycles. The zero-order valence-electron chi connectivity index (χ0n) is 12.1. The van der Waals surface area contributed by atoms with Gasteiger partial charge in [-0.15, -0.1) is 0 Å². The molecule has 3 nitrogen and oxygen atoms in total. The van der Waals surface area contributed by atoms with Crippen LogP contribution in [0.25, 0.3) is 0 Å². The number of hydrogen-bond donors (Lipinski definition) is 1. The minimum absolute atomic E-state index is 0.0358. The van der Waals surface area contributed by atoms with Crippen LogP contribution in [0, 0.1) is 0 Å². The molecule has 118 valence electrons. The summed E-state index contributed by atoms with van der Waals surface area (Å²) in [6, 6.07) is 0.123. The fourth-order valence-electron chi connectivity index (χ4n) is 2.78. The standard InChI is InChI=1S/C14H25F3N2O/c1-2-7-18-8-12-5-6-13(20-12)9-19(11-3-4-11)10-14(15,16)17/h11-13,18H,2-10H2,1H3. The molecule has 0 spiro atoms. The van der Waals surface area contributed by atoms with Crippen molar-refractivity contribution in [2.45, 2.75) is 63.5 Å². The summed E-state index contributed by atoms with van der Waals surface area (Å²) >= 11 is 0. The summed E-state index contributed by atoms with van der Waals surface area (Å²) in [6.45, 7) is 3.51. The Morgan fingerprint density at radius 2 is 1.85 bits per heavy atom. The Bertz CT molecular complexity index is 295. The highest BCUT2D eigenvalue weighted by Crippen LogP contribution is 2.32. The van der Waals surface area contributed by atoms with Crippen molar-refractivity contribution in [3.05, 3.63) is 0 Å². The van der Waals surface area contributed by atoms with Gasteiger partial charge in [-0.25, -0.2) is 0 Å². The molecule has 0 aromatic rings. The first-order chi connectivity index (χ1) is 9.48. The van der Waals surface area contributed by atoms with Crippen molar-refractivity contribution in [2.75, 3.05) is 26.2 Å². The summed E-state index contributed by atoms with van der Waals surface area (Å²) in [5.74, 6) is 0. The van der Waals surface area contributed by atoms with Crippen molar-refractivity contribution in [3.63, 3.8) is 0 Å². The Hall–Kier alpha value is -0.330. The molecule has 0 aromatic carbocycles. The fraction of sp³-hybridized carbons (Fsp3) is 1.00. The zero-order valence-corrected chi connectivity index (χ0v) is 12.1. The highest BCUT2D eigenvalue weighted by atomic mass is 19.4. The quantitative estimate of drug-likeness (QED) is 0.696. The highest BCUT2D eigenvalue weighted by molar-refractivity contribution is 4.88. The van der Waals surface area contributed by atoms with Crippen molar-refractivity contribution < 1.29 is 17.9 Å². The largest absolute Gasteiger partial charge is 0.401 e. The lowest BCUT2D eigenvalue weighted by molar-refractivity contribution is -0.150. The summed E-state index contributed by atoms with van der Waals surface area (Å²) < 4.78 is 43.5. The first-order valence-electron chi connectivity index (χ1n) is 7.65. The van der Waals surface area contributed by atoms with E-state index in [1.807, 2.05) is 0 Å². The number of ether oxygens (including phenoxy) is 1. The Morgan fingerprint density at radius 3 is 2.45 bits per heavy atom. The van der Waals surface area contributed by atoms with Gasteiger partial charge in [0.2, 0.25) is 0 Å². The van der Waals surface area contributed by atoms with E-state index in [9.17, 15) is 13.2 Å². The van der Waals surface area contributed by atoms with Crippen LogP contribution in [0.4, 0.5) is 13.2 Å². The molecule has 20 heavy (non-hydrogen) atoms. The van der Waals surface area contributed by atoms with Crippen LogP contribution in [-0.4, -0.2) is 55.5 Å². The van der Waals surface area contributed by atoms with Crippen LogP contribution in [0.1, 0.15) is 39.0 Å². The number of halogens is 3. The zero-order chi connectivity index (χ0) is 14.6. The maximum atomic E-state index is 12.6. The van der Waals surface area contributed by atoms with Gasteiger partial charge in [0.15, 0.2) is 0 Å². The van der Waals surface area contributed by atoms with Gasteiger partial charge in [-0.2, -0.15) is 13.2 Å². The number of hydrogen-bond acceptors (Lipinski definition) is 3. The molecule has 2 rings (SSSR count). The molecule has 0 radical (unpaired) electrons. The van der Waals surface area contributed by atoms with Crippen molar-refractivity contribution in [2.24, 2.45) is 0 Å². The molecular weight excluding hydrogens is 269 g/mol. The average molecular weight is 294 g/mol. The lowest BCUT2D eigenvalue weighted by Gasteiger charge is -2.26. The average Bonchev–Trinajstić information content (AvgIpc) is 3.10. The Morgan fingerprint density at radius 1 is 1.15 bits per heavy atom. The van der Waals surface area contributed by atoms with Crippen LogP contribution < -0.4 is 5.32 Å². The van der Waals surface area contributed by atoms with Crippen LogP contribution in [-0.2, 0) is 4.74 Å². The molecule has 0 amide bonds. The van der Waals surface area contributed by atoms with E-state index in [0.29, 0.717) is 6.54 Å². The Kier molecular flexibility index (Phi) is 5.69. The van der Waals surface area contributed by atoms with Gasteiger partial charge in [-0.1, -0.05) is 6.92 Å². The van der Waals surface area contributed by atoms with Crippen LogP contribution in [0.3, 0.4) is 0 Å². The van der Waals surface area contributed by atoms with Crippen LogP contribution in [0.5, 0.6) is 0 Å². The normalized spacial score (nSPS) is 27.4. The minimum atomic E-state index is -4.11. The summed E-state index contributed by atoms with van der Waals surface area (Å²) in [5, 5.41) is 3.31. The number of nitrogens with one attached hydrogen (secondary N) is 1. The van der Waals surface area contributed by atoms with Gasteiger partial charge in [0.25, 0.3) is 0 Å². The van der Waals surface area contributed by atoms with Crippen molar-refractivity contribution >= 4 is 0 Å². The van der Waals surface area contributed by atoms with Gasteiger partial charge >= 0.3 is 6.18 Å². The molecule has 1 heterocycles. The van der Waals surface area contributed by atoms with E-state index < -0.39 is 12.7 Å². The highest BCUT2D eigenvalue weighted by Gasteiger charge is 2.40. The third kappa shape index (κ3) is 5.58. The topological polar surface area (TPSA) is 24.5 Å². The molecule has 0 bridgehead atoms. The lowest BCUT2D eigenvalue weighted by Crippen LogP contribution is -2.41. The van der Waals surface area contributed by atoms with Crippen LogP contribution in [0.15, 0.2) is 0 Å². The van der Waals surface area contributed by atoms with E-state index in [-0.39, 0.29) is 18.2 Å². The van der Waals surface area contributed by atoms with E-state index in [0.717, 1.165) is 45.2 Å².